The maximum absolute atomic E-state index is 12.0. The van der Waals surface area contributed by atoms with Crippen molar-refractivity contribution in [2.24, 2.45) is 0 Å². The van der Waals surface area contributed by atoms with Gasteiger partial charge in [-0.05, 0) is 18.6 Å². The van der Waals surface area contributed by atoms with Crippen LogP contribution in [0.15, 0.2) is 18.2 Å². The third-order valence-corrected chi connectivity index (χ3v) is 4.05. The second kappa shape index (κ2) is 6.06. The van der Waals surface area contributed by atoms with Gasteiger partial charge >= 0.3 is 0 Å². The summed E-state index contributed by atoms with van der Waals surface area (Å²) >= 11 is 7.05. The van der Waals surface area contributed by atoms with E-state index in [4.69, 9.17) is 17.3 Å². The van der Waals surface area contributed by atoms with Gasteiger partial charge in [-0.1, -0.05) is 22.9 Å². The van der Waals surface area contributed by atoms with Crippen molar-refractivity contribution >= 4 is 39.7 Å². The SMILES string of the molecule is Cc1nc(N)sc1C(=O)NCc1cc([N+](=O)[O-])ccc1Cl. The zero-order chi connectivity index (χ0) is 15.6. The highest BCUT2D eigenvalue weighted by Gasteiger charge is 2.15. The lowest BCUT2D eigenvalue weighted by molar-refractivity contribution is -0.384. The molecular formula is C12H11ClN4O3S. The first-order chi connectivity index (χ1) is 9.88. The van der Waals surface area contributed by atoms with Gasteiger partial charge in [0.1, 0.15) is 4.88 Å². The number of amides is 1. The van der Waals surface area contributed by atoms with E-state index in [2.05, 4.69) is 10.3 Å². The summed E-state index contributed by atoms with van der Waals surface area (Å²) < 4.78 is 0. The van der Waals surface area contributed by atoms with Gasteiger partial charge in [0.2, 0.25) is 0 Å². The van der Waals surface area contributed by atoms with Crippen LogP contribution in [0.1, 0.15) is 20.9 Å². The fraction of sp³-hybridized carbons (Fsp3) is 0.167. The zero-order valence-corrected chi connectivity index (χ0v) is 12.5. The lowest BCUT2D eigenvalue weighted by Gasteiger charge is -2.06. The number of benzene rings is 1. The lowest BCUT2D eigenvalue weighted by atomic mass is 10.2. The van der Waals surface area contributed by atoms with E-state index in [1.54, 1.807) is 6.92 Å². The molecule has 1 aromatic heterocycles. The van der Waals surface area contributed by atoms with Gasteiger partial charge < -0.3 is 11.1 Å². The number of thiazole rings is 1. The lowest BCUT2D eigenvalue weighted by Crippen LogP contribution is -2.22. The van der Waals surface area contributed by atoms with Crippen LogP contribution in [-0.2, 0) is 6.54 Å². The highest BCUT2D eigenvalue weighted by molar-refractivity contribution is 7.17. The number of nitro benzene ring substituents is 1. The number of hydrogen-bond donors (Lipinski definition) is 2. The molecular weight excluding hydrogens is 316 g/mol. The molecule has 0 spiro atoms. The number of rotatable bonds is 4. The minimum atomic E-state index is -0.518. The van der Waals surface area contributed by atoms with E-state index in [0.29, 0.717) is 26.3 Å². The van der Waals surface area contributed by atoms with Crippen LogP contribution in [0.25, 0.3) is 0 Å². The first kappa shape index (κ1) is 15.2. The molecule has 0 aliphatic heterocycles. The Bertz CT molecular complexity index is 717. The Kier molecular flexibility index (Phi) is 4.39. The average Bonchev–Trinajstić information content (AvgIpc) is 2.76. The predicted octanol–water partition coefficient (Wildman–Crippen LogP) is 2.53. The summed E-state index contributed by atoms with van der Waals surface area (Å²) in [6.07, 6.45) is 0. The molecule has 0 saturated heterocycles. The van der Waals surface area contributed by atoms with Crippen LogP contribution in [-0.4, -0.2) is 15.8 Å². The summed E-state index contributed by atoms with van der Waals surface area (Å²) in [5, 5.41) is 14.0. The molecule has 0 atom stereocenters. The minimum Gasteiger partial charge on any atom is -0.375 e. The number of nitrogens with two attached hydrogens (primary N) is 1. The first-order valence-corrected chi connectivity index (χ1v) is 7.02. The van der Waals surface area contributed by atoms with E-state index in [0.717, 1.165) is 11.3 Å². The summed E-state index contributed by atoms with van der Waals surface area (Å²) in [5.41, 5.74) is 6.46. The number of nitrogens with one attached hydrogen (secondary N) is 1. The van der Waals surface area contributed by atoms with Crippen LogP contribution in [0, 0.1) is 17.0 Å². The van der Waals surface area contributed by atoms with Crippen LogP contribution in [0.5, 0.6) is 0 Å². The molecule has 1 heterocycles. The van der Waals surface area contributed by atoms with Crippen LogP contribution in [0.2, 0.25) is 5.02 Å². The Labute approximate surface area is 128 Å². The highest BCUT2D eigenvalue weighted by Crippen LogP contribution is 2.23. The van der Waals surface area contributed by atoms with Crippen molar-refractivity contribution in [1.29, 1.82) is 0 Å². The van der Waals surface area contributed by atoms with Crippen molar-refractivity contribution in [1.82, 2.24) is 10.3 Å². The summed E-state index contributed by atoms with van der Waals surface area (Å²) in [7, 11) is 0. The molecule has 0 radical (unpaired) electrons. The molecule has 9 heteroatoms. The molecule has 2 rings (SSSR count). The second-order valence-corrected chi connectivity index (χ2v) is 5.62. The predicted molar refractivity (Wildman–Crippen MR) is 80.5 cm³/mol. The average molecular weight is 327 g/mol. The number of non-ortho nitro benzene ring substituents is 1. The number of carbonyl (C=O) groups is 1. The quantitative estimate of drug-likeness (QED) is 0.662. The Morgan fingerprint density at radius 3 is 2.86 bits per heavy atom. The molecule has 2 aromatic rings. The Balaban J connectivity index is 2.13. The number of aromatic nitrogens is 1. The standard InChI is InChI=1S/C12H11ClN4O3S/c1-6-10(21-12(14)16-6)11(18)15-5-7-4-8(17(19)20)2-3-9(7)13/h2-4H,5H2,1H3,(H2,14,16)(H,15,18). The maximum atomic E-state index is 12.0. The molecule has 21 heavy (non-hydrogen) atoms. The van der Waals surface area contributed by atoms with Gasteiger partial charge in [0.15, 0.2) is 5.13 Å². The van der Waals surface area contributed by atoms with Crippen molar-refractivity contribution in [2.45, 2.75) is 13.5 Å². The van der Waals surface area contributed by atoms with Crippen LogP contribution in [0.3, 0.4) is 0 Å². The number of hydrogen-bond acceptors (Lipinski definition) is 6. The number of nitrogen functional groups attached to an aromatic ring is 1. The van der Waals surface area contributed by atoms with Gasteiger partial charge in [-0.15, -0.1) is 0 Å². The van der Waals surface area contributed by atoms with Crippen LogP contribution in [0.4, 0.5) is 10.8 Å². The van der Waals surface area contributed by atoms with E-state index in [1.165, 1.54) is 18.2 Å². The fourth-order valence-electron chi connectivity index (χ4n) is 1.69. The number of nitrogens with zero attached hydrogens (tertiary/aromatic N) is 2. The number of halogens is 1. The monoisotopic (exact) mass is 326 g/mol. The summed E-state index contributed by atoms with van der Waals surface area (Å²) in [6.45, 7) is 1.76. The van der Waals surface area contributed by atoms with Crippen molar-refractivity contribution in [2.75, 3.05) is 5.73 Å². The number of anilines is 1. The molecule has 0 bridgehead atoms. The smallest absolute Gasteiger partial charge is 0.269 e. The van der Waals surface area contributed by atoms with E-state index in [1.807, 2.05) is 0 Å². The third-order valence-electron chi connectivity index (χ3n) is 2.70. The van der Waals surface area contributed by atoms with Crippen molar-refractivity contribution in [3.63, 3.8) is 0 Å². The van der Waals surface area contributed by atoms with Crippen LogP contribution >= 0.6 is 22.9 Å². The molecule has 0 saturated carbocycles. The molecule has 110 valence electrons. The number of carbonyl (C=O) groups excluding carboxylic acids is 1. The molecule has 3 N–H and O–H groups in total. The number of aryl methyl sites for hydroxylation is 1. The van der Waals surface area contributed by atoms with Gasteiger partial charge in [-0.3, -0.25) is 14.9 Å². The Morgan fingerprint density at radius 1 is 1.57 bits per heavy atom. The summed E-state index contributed by atoms with van der Waals surface area (Å²) in [6, 6.07) is 4.06. The summed E-state index contributed by atoms with van der Waals surface area (Å²) in [5.74, 6) is -0.343. The molecule has 1 aromatic carbocycles. The highest BCUT2D eigenvalue weighted by atomic mass is 35.5. The van der Waals surface area contributed by atoms with E-state index in [-0.39, 0.29) is 18.1 Å². The normalized spacial score (nSPS) is 10.4. The van der Waals surface area contributed by atoms with Gasteiger partial charge in [0.05, 0.1) is 10.6 Å². The molecule has 7 nitrogen and oxygen atoms in total. The molecule has 0 fully saturated rings. The van der Waals surface area contributed by atoms with Crippen molar-refractivity contribution in [3.05, 3.63) is 49.5 Å². The zero-order valence-electron chi connectivity index (χ0n) is 10.9. The maximum Gasteiger partial charge on any atom is 0.269 e. The Hall–Kier alpha value is -2.19. The Morgan fingerprint density at radius 2 is 2.29 bits per heavy atom. The molecule has 0 aliphatic carbocycles. The van der Waals surface area contributed by atoms with Gasteiger partial charge in [0, 0.05) is 23.7 Å². The molecule has 0 unspecified atom stereocenters. The third kappa shape index (κ3) is 3.47. The second-order valence-electron chi connectivity index (χ2n) is 4.18. The van der Waals surface area contributed by atoms with Crippen molar-refractivity contribution < 1.29 is 9.72 Å². The van der Waals surface area contributed by atoms with Crippen molar-refractivity contribution in [3.8, 4) is 0 Å². The molecule has 1 amide bonds. The molecule has 0 aliphatic rings. The first-order valence-electron chi connectivity index (χ1n) is 5.82. The van der Waals surface area contributed by atoms with Gasteiger partial charge in [-0.2, -0.15) is 0 Å². The fourth-order valence-corrected chi connectivity index (χ4v) is 2.63. The summed E-state index contributed by atoms with van der Waals surface area (Å²) in [4.78, 5) is 26.6. The van der Waals surface area contributed by atoms with E-state index < -0.39 is 4.92 Å². The minimum absolute atomic E-state index is 0.0800. The van der Waals surface area contributed by atoms with Gasteiger partial charge in [0.25, 0.3) is 11.6 Å². The van der Waals surface area contributed by atoms with E-state index >= 15 is 0 Å². The topological polar surface area (TPSA) is 111 Å². The number of nitro groups is 1. The van der Waals surface area contributed by atoms with E-state index in [9.17, 15) is 14.9 Å². The van der Waals surface area contributed by atoms with Gasteiger partial charge in [-0.25, -0.2) is 4.98 Å². The largest absolute Gasteiger partial charge is 0.375 e. The van der Waals surface area contributed by atoms with Crippen LogP contribution < -0.4 is 11.1 Å².